The summed E-state index contributed by atoms with van der Waals surface area (Å²) in [5.74, 6) is -0.630. The molecule has 1 aromatic rings. The monoisotopic (exact) mass is 410 g/mol. The van der Waals surface area contributed by atoms with Gasteiger partial charge in [0.1, 0.15) is 5.82 Å². The average Bonchev–Trinajstić information content (AvgIpc) is 2.60. The van der Waals surface area contributed by atoms with E-state index in [1.54, 1.807) is 0 Å². The molecule has 8 heteroatoms. The summed E-state index contributed by atoms with van der Waals surface area (Å²) in [5, 5.41) is 5.78. The summed E-state index contributed by atoms with van der Waals surface area (Å²) in [6.07, 6.45) is 1.06. The highest BCUT2D eigenvalue weighted by atomic mass is 35.5. The minimum absolute atomic E-state index is 0.0196. The second-order valence-electron chi connectivity index (χ2n) is 8.76. The lowest BCUT2D eigenvalue weighted by atomic mass is 9.86. The van der Waals surface area contributed by atoms with Gasteiger partial charge in [0.15, 0.2) is 0 Å². The van der Waals surface area contributed by atoms with Crippen LogP contribution in [0.25, 0.3) is 0 Å². The Balaban J connectivity index is 1.52. The number of benzene rings is 1. The van der Waals surface area contributed by atoms with E-state index in [0.717, 1.165) is 19.5 Å². The number of halogens is 2. The van der Waals surface area contributed by atoms with Gasteiger partial charge in [0, 0.05) is 36.4 Å². The van der Waals surface area contributed by atoms with E-state index in [4.69, 9.17) is 11.6 Å². The van der Waals surface area contributed by atoms with Crippen LogP contribution in [0.4, 0.5) is 10.1 Å². The number of hydrogen-bond acceptors (Lipinski definition) is 4. The lowest BCUT2D eigenvalue weighted by Gasteiger charge is -2.57. The zero-order valence-corrected chi connectivity index (χ0v) is 17.5. The highest BCUT2D eigenvalue weighted by Crippen LogP contribution is 2.33. The average molecular weight is 411 g/mol. The zero-order valence-electron chi connectivity index (χ0n) is 16.8. The van der Waals surface area contributed by atoms with Gasteiger partial charge in [-0.1, -0.05) is 11.6 Å². The van der Waals surface area contributed by atoms with E-state index in [-0.39, 0.29) is 28.4 Å². The van der Waals surface area contributed by atoms with Gasteiger partial charge < -0.3 is 10.6 Å². The van der Waals surface area contributed by atoms with Crippen molar-refractivity contribution in [3.8, 4) is 0 Å². The first kappa shape index (κ1) is 21.0. The topological polar surface area (TPSA) is 64.7 Å². The number of carbonyl (C=O) groups is 2. The quantitative estimate of drug-likeness (QED) is 0.782. The van der Waals surface area contributed by atoms with E-state index in [0.29, 0.717) is 24.3 Å². The zero-order chi connectivity index (χ0) is 20.6. The van der Waals surface area contributed by atoms with Gasteiger partial charge in [-0.05, 0) is 52.3 Å². The lowest BCUT2D eigenvalue weighted by molar-refractivity contribution is -0.137. The Morgan fingerprint density at radius 2 is 1.93 bits per heavy atom. The molecule has 0 aromatic heterocycles. The largest absolute Gasteiger partial charge is 0.350 e. The van der Waals surface area contributed by atoms with Crippen LogP contribution in [0.15, 0.2) is 18.2 Å². The molecule has 3 aliphatic heterocycles. The van der Waals surface area contributed by atoms with Crippen molar-refractivity contribution in [3.63, 3.8) is 0 Å². The third kappa shape index (κ3) is 4.82. The van der Waals surface area contributed by atoms with Crippen LogP contribution in [0, 0.1) is 5.82 Å². The summed E-state index contributed by atoms with van der Waals surface area (Å²) in [6.45, 7) is 9.67. The Morgan fingerprint density at radius 1 is 1.29 bits per heavy atom. The third-order valence-corrected chi connectivity index (χ3v) is 5.62. The molecule has 2 N–H and O–H groups in total. The summed E-state index contributed by atoms with van der Waals surface area (Å²) >= 11 is 5.77. The summed E-state index contributed by atoms with van der Waals surface area (Å²) in [5.41, 5.74) is 0.241. The number of hydrogen-bond donors (Lipinski definition) is 2. The maximum atomic E-state index is 13.3. The van der Waals surface area contributed by atoms with E-state index in [9.17, 15) is 14.0 Å². The Morgan fingerprint density at radius 3 is 2.50 bits per heavy atom. The first-order valence-electron chi connectivity index (χ1n) is 9.60. The normalized spacial score (nSPS) is 23.6. The fourth-order valence-electron chi connectivity index (χ4n) is 3.90. The predicted molar refractivity (Wildman–Crippen MR) is 108 cm³/mol. The van der Waals surface area contributed by atoms with Gasteiger partial charge in [0.2, 0.25) is 11.8 Å². The molecule has 6 nitrogen and oxygen atoms in total. The maximum absolute atomic E-state index is 13.3. The SMILES string of the molecule is CC(C(=O)Nc1ccc(F)c(Cl)c1)N1CC2CC(C1)N2CC(=O)NC(C)(C)C. The summed E-state index contributed by atoms with van der Waals surface area (Å²) < 4.78 is 13.3. The fraction of sp³-hybridized carbons (Fsp3) is 0.600. The molecule has 3 fully saturated rings. The molecule has 0 aliphatic carbocycles. The number of amides is 2. The number of piperidine rings is 1. The number of anilines is 1. The molecular weight excluding hydrogens is 383 g/mol. The number of fused-ring (bicyclic) bond motifs is 2. The Labute approximate surface area is 170 Å². The van der Waals surface area contributed by atoms with Crippen LogP contribution in [0.1, 0.15) is 34.1 Å². The van der Waals surface area contributed by atoms with Gasteiger partial charge in [-0.25, -0.2) is 4.39 Å². The number of carbonyl (C=O) groups excluding carboxylic acids is 2. The van der Waals surface area contributed by atoms with Crippen LogP contribution < -0.4 is 10.6 Å². The molecule has 0 spiro atoms. The van der Waals surface area contributed by atoms with Gasteiger partial charge in [-0.2, -0.15) is 0 Å². The number of rotatable bonds is 5. The van der Waals surface area contributed by atoms with Gasteiger partial charge >= 0.3 is 0 Å². The van der Waals surface area contributed by atoms with E-state index in [1.165, 1.54) is 18.2 Å². The van der Waals surface area contributed by atoms with Crippen LogP contribution in [-0.2, 0) is 9.59 Å². The molecule has 4 rings (SSSR count). The van der Waals surface area contributed by atoms with Gasteiger partial charge in [-0.15, -0.1) is 0 Å². The van der Waals surface area contributed by atoms with Crippen LogP contribution >= 0.6 is 11.6 Å². The minimum atomic E-state index is -0.514. The lowest BCUT2D eigenvalue weighted by Crippen LogP contribution is -2.71. The second kappa shape index (κ2) is 7.97. The Kier molecular flexibility index (Phi) is 5.98. The van der Waals surface area contributed by atoms with Crippen molar-refractivity contribution in [3.05, 3.63) is 29.0 Å². The van der Waals surface area contributed by atoms with Gasteiger partial charge in [0.05, 0.1) is 17.6 Å². The molecule has 3 unspecified atom stereocenters. The second-order valence-corrected chi connectivity index (χ2v) is 9.17. The molecule has 0 radical (unpaired) electrons. The van der Waals surface area contributed by atoms with Crippen molar-refractivity contribution < 1.29 is 14.0 Å². The summed E-state index contributed by atoms with van der Waals surface area (Å²) in [4.78, 5) is 29.1. The molecule has 1 aromatic carbocycles. The predicted octanol–water partition coefficient (Wildman–Crippen LogP) is 2.48. The van der Waals surface area contributed by atoms with E-state index < -0.39 is 5.82 Å². The van der Waals surface area contributed by atoms with Crippen molar-refractivity contribution >= 4 is 29.1 Å². The summed E-state index contributed by atoms with van der Waals surface area (Å²) in [6, 6.07) is 4.40. The molecule has 28 heavy (non-hydrogen) atoms. The highest BCUT2D eigenvalue weighted by Gasteiger charge is 2.46. The van der Waals surface area contributed by atoms with E-state index >= 15 is 0 Å². The van der Waals surface area contributed by atoms with Crippen molar-refractivity contribution in [1.82, 2.24) is 15.1 Å². The minimum Gasteiger partial charge on any atom is -0.350 e. The number of nitrogens with zero attached hydrogens (tertiary/aromatic N) is 2. The molecule has 2 bridgehead atoms. The Hall–Kier alpha value is -1.70. The molecular formula is C20H28ClFN4O2. The fourth-order valence-corrected chi connectivity index (χ4v) is 4.08. The third-order valence-electron chi connectivity index (χ3n) is 5.33. The molecule has 3 heterocycles. The molecule has 3 atom stereocenters. The Bertz CT molecular complexity index is 755. The molecule has 0 saturated carbocycles. The van der Waals surface area contributed by atoms with Crippen LogP contribution in [-0.4, -0.2) is 64.9 Å². The smallest absolute Gasteiger partial charge is 0.241 e. The first-order chi connectivity index (χ1) is 13.0. The van der Waals surface area contributed by atoms with Crippen molar-refractivity contribution in [2.24, 2.45) is 0 Å². The summed E-state index contributed by atoms with van der Waals surface area (Å²) in [7, 11) is 0. The maximum Gasteiger partial charge on any atom is 0.241 e. The van der Waals surface area contributed by atoms with E-state index in [2.05, 4.69) is 20.4 Å². The number of nitrogens with one attached hydrogen (secondary N) is 2. The molecule has 2 amide bonds. The van der Waals surface area contributed by atoms with Gasteiger partial charge in [-0.3, -0.25) is 19.4 Å². The van der Waals surface area contributed by atoms with Crippen molar-refractivity contribution in [2.45, 2.75) is 57.8 Å². The van der Waals surface area contributed by atoms with Crippen molar-refractivity contribution in [1.29, 1.82) is 0 Å². The first-order valence-corrected chi connectivity index (χ1v) is 9.98. The van der Waals surface area contributed by atoms with Gasteiger partial charge in [0.25, 0.3) is 0 Å². The molecule has 3 aliphatic rings. The molecule has 154 valence electrons. The van der Waals surface area contributed by atoms with Crippen LogP contribution in [0.5, 0.6) is 0 Å². The van der Waals surface area contributed by atoms with Crippen LogP contribution in [0.3, 0.4) is 0 Å². The standard InChI is InChI=1S/C20H28ClFN4O2/c1-12(19(28)23-13-5-6-17(22)16(21)7-13)25-9-14-8-15(10-25)26(14)11-18(27)24-20(2,3)4/h5-7,12,14-15H,8-11H2,1-4H3,(H,23,28)(H,24,27). The van der Waals surface area contributed by atoms with Crippen molar-refractivity contribution in [2.75, 3.05) is 25.0 Å². The highest BCUT2D eigenvalue weighted by molar-refractivity contribution is 6.31. The van der Waals surface area contributed by atoms with E-state index in [1.807, 2.05) is 27.7 Å². The van der Waals surface area contributed by atoms with Crippen LogP contribution in [0.2, 0.25) is 5.02 Å². The number of piperazine rings is 1. The molecule has 3 saturated heterocycles.